The van der Waals surface area contributed by atoms with Gasteiger partial charge in [-0.2, -0.15) is 0 Å². The molecular formula is C15H22N2O4. The number of carbonyl (C=O) groups excluding carboxylic acids is 1. The summed E-state index contributed by atoms with van der Waals surface area (Å²) < 4.78 is 5.52. The van der Waals surface area contributed by atoms with Crippen molar-refractivity contribution in [3.63, 3.8) is 0 Å². The van der Waals surface area contributed by atoms with Crippen LogP contribution in [0.2, 0.25) is 0 Å². The Morgan fingerprint density at radius 1 is 1.29 bits per heavy atom. The van der Waals surface area contributed by atoms with Gasteiger partial charge in [-0.25, -0.2) is 4.79 Å². The number of carboxylic acid groups (broad SMARTS) is 1. The van der Waals surface area contributed by atoms with Crippen molar-refractivity contribution >= 4 is 12.0 Å². The third-order valence-electron chi connectivity index (χ3n) is 2.82. The van der Waals surface area contributed by atoms with E-state index in [1.165, 1.54) is 0 Å². The second kappa shape index (κ2) is 7.08. The Hall–Kier alpha value is -2.08. The molecule has 0 fully saturated rings. The molecule has 6 nitrogen and oxygen atoms in total. The summed E-state index contributed by atoms with van der Waals surface area (Å²) in [6.45, 7) is 5.49. The van der Waals surface area contributed by atoms with E-state index in [2.05, 4.69) is 0 Å². The molecule has 0 heterocycles. The van der Waals surface area contributed by atoms with Gasteiger partial charge in [-0.15, -0.1) is 0 Å². The van der Waals surface area contributed by atoms with Gasteiger partial charge >= 0.3 is 6.09 Å². The number of amides is 2. The zero-order chi connectivity index (χ0) is 16.0. The van der Waals surface area contributed by atoms with E-state index in [1.54, 1.807) is 24.3 Å². The fourth-order valence-corrected chi connectivity index (χ4v) is 1.75. The molecule has 1 atom stereocenters. The van der Waals surface area contributed by atoms with Gasteiger partial charge in [0.05, 0.1) is 12.2 Å². The minimum atomic E-state index is -1.21. The van der Waals surface area contributed by atoms with Gasteiger partial charge in [0.25, 0.3) is 0 Å². The maximum Gasteiger partial charge on any atom is 0.408 e. The molecule has 0 aliphatic heterocycles. The number of nitrogens with two attached hydrogens (primary N) is 1. The molecule has 0 saturated carbocycles. The molecule has 0 spiro atoms. The van der Waals surface area contributed by atoms with Gasteiger partial charge in [0.1, 0.15) is 6.04 Å². The molecule has 0 aromatic heterocycles. The van der Waals surface area contributed by atoms with E-state index in [9.17, 15) is 14.7 Å². The highest BCUT2D eigenvalue weighted by atomic mass is 16.5. The summed E-state index contributed by atoms with van der Waals surface area (Å²) in [5.74, 6) is -0.724. The fraction of sp³-hybridized carbons (Fsp3) is 0.467. The number of ether oxygens (including phenoxy) is 1. The molecule has 0 aliphatic rings. The Kier molecular flexibility index (Phi) is 5.72. The third kappa shape index (κ3) is 5.83. The van der Waals surface area contributed by atoms with Crippen molar-refractivity contribution in [1.82, 2.24) is 4.90 Å². The van der Waals surface area contributed by atoms with Gasteiger partial charge in [0.2, 0.25) is 5.91 Å². The molecule has 6 heteroatoms. The van der Waals surface area contributed by atoms with Gasteiger partial charge in [-0.05, 0) is 26.3 Å². The average Bonchev–Trinajstić information content (AvgIpc) is 2.37. The van der Waals surface area contributed by atoms with Crippen molar-refractivity contribution in [2.45, 2.75) is 39.0 Å². The Labute approximate surface area is 124 Å². The van der Waals surface area contributed by atoms with Crippen LogP contribution in [0.25, 0.3) is 0 Å². The second-order valence-corrected chi connectivity index (χ2v) is 5.74. The largest absolute Gasteiger partial charge is 0.465 e. The summed E-state index contributed by atoms with van der Waals surface area (Å²) in [4.78, 5) is 24.0. The van der Waals surface area contributed by atoms with E-state index in [4.69, 9.17) is 10.5 Å². The van der Waals surface area contributed by atoms with E-state index in [1.807, 2.05) is 26.8 Å². The Balaban J connectivity index is 2.88. The van der Waals surface area contributed by atoms with Crippen LogP contribution in [0.1, 0.15) is 26.3 Å². The maximum absolute atomic E-state index is 11.6. The zero-order valence-corrected chi connectivity index (χ0v) is 12.6. The molecule has 21 heavy (non-hydrogen) atoms. The number of carbonyl (C=O) groups is 2. The van der Waals surface area contributed by atoms with Crippen molar-refractivity contribution in [3.8, 4) is 0 Å². The Morgan fingerprint density at radius 3 is 2.29 bits per heavy atom. The van der Waals surface area contributed by atoms with Gasteiger partial charge in [0, 0.05) is 6.54 Å². The molecule has 2 amide bonds. The summed E-state index contributed by atoms with van der Waals surface area (Å²) in [5.41, 5.74) is 5.63. The van der Waals surface area contributed by atoms with Crippen molar-refractivity contribution < 1.29 is 19.4 Å². The van der Waals surface area contributed by atoms with E-state index in [-0.39, 0.29) is 13.2 Å². The van der Waals surface area contributed by atoms with Gasteiger partial charge in [0.15, 0.2) is 0 Å². The normalized spacial score (nSPS) is 12.7. The third-order valence-corrected chi connectivity index (χ3v) is 2.82. The summed E-state index contributed by atoms with van der Waals surface area (Å²) in [6, 6.07) is 8.00. The second-order valence-electron chi connectivity index (χ2n) is 5.74. The van der Waals surface area contributed by atoms with Crippen molar-refractivity contribution in [3.05, 3.63) is 35.9 Å². The summed E-state index contributed by atoms with van der Waals surface area (Å²) in [6.07, 6.45) is -1.21. The van der Waals surface area contributed by atoms with Crippen LogP contribution in [0, 0.1) is 0 Å². The number of primary amides is 1. The van der Waals surface area contributed by atoms with E-state index < -0.39 is 23.6 Å². The monoisotopic (exact) mass is 294 g/mol. The quantitative estimate of drug-likeness (QED) is 0.837. The lowest BCUT2D eigenvalue weighted by Gasteiger charge is -2.30. The van der Waals surface area contributed by atoms with Crippen LogP contribution >= 0.6 is 0 Å². The van der Waals surface area contributed by atoms with Crippen molar-refractivity contribution in [2.24, 2.45) is 5.73 Å². The molecule has 0 saturated heterocycles. The lowest BCUT2D eigenvalue weighted by atomic mass is 10.1. The standard InChI is InChI=1S/C15H22N2O4/c1-15(2,3)21-10-12(13(16)18)17(14(19)20)9-11-7-5-4-6-8-11/h4-8,12H,9-10H2,1-3H3,(H2,16,18)(H,19,20)/t12-/m0/s1. The fourth-order valence-electron chi connectivity index (χ4n) is 1.75. The number of hydrogen-bond acceptors (Lipinski definition) is 3. The van der Waals surface area contributed by atoms with E-state index in [0.717, 1.165) is 10.5 Å². The first kappa shape index (κ1) is 17.0. The molecule has 3 N–H and O–H groups in total. The number of nitrogens with zero attached hydrogens (tertiary/aromatic N) is 1. The maximum atomic E-state index is 11.6. The number of benzene rings is 1. The lowest BCUT2D eigenvalue weighted by molar-refractivity contribution is -0.127. The van der Waals surface area contributed by atoms with Crippen LogP contribution < -0.4 is 5.73 Å². The Bertz CT molecular complexity index is 482. The highest BCUT2D eigenvalue weighted by Gasteiger charge is 2.30. The van der Waals surface area contributed by atoms with Crippen LogP contribution in [0.15, 0.2) is 30.3 Å². The SMILES string of the molecule is CC(C)(C)OC[C@@H](C(N)=O)N(Cc1ccccc1)C(=O)O. The highest BCUT2D eigenvalue weighted by molar-refractivity contribution is 5.84. The zero-order valence-electron chi connectivity index (χ0n) is 12.6. The topological polar surface area (TPSA) is 92.9 Å². The smallest absolute Gasteiger partial charge is 0.408 e. The van der Waals surface area contributed by atoms with E-state index in [0.29, 0.717) is 0 Å². The highest BCUT2D eigenvalue weighted by Crippen LogP contribution is 2.13. The lowest BCUT2D eigenvalue weighted by Crippen LogP contribution is -2.50. The van der Waals surface area contributed by atoms with Gasteiger partial charge in [-0.1, -0.05) is 30.3 Å². The van der Waals surface area contributed by atoms with Crippen LogP contribution in [-0.2, 0) is 16.1 Å². The van der Waals surface area contributed by atoms with Crippen LogP contribution in [-0.4, -0.2) is 40.3 Å². The van der Waals surface area contributed by atoms with E-state index >= 15 is 0 Å². The van der Waals surface area contributed by atoms with Crippen LogP contribution in [0.4, 0.5) is 4.79 Å². The first-order chi connectivity index (χ1) is 9.70. The number of hydrogen-bond donors (Lipinski definition) is 2. The first-order valence-electron chi connectivity index (χ1n) is 6.67. The minimum absolute atomic E-state index is 0.0715. The summed E-state index contributed by atoms with van der Waals surface area (Å²) >= 11 is 0. The summed E-state index contributed by atoms with van der Waals surface area (Å²) in [5, 5.41) is 9.35. The molecule has 1 aromatic carbocycles. The van der Waals surface area contributed by atoms with Crippen LogP contribution in [0.3, 0.4) is 0 Å². The summed E-state index contributed by atoms with van der Waals surface area (Å²) in [7, 11) is 0. The molecule has 116 valence electrons. The van der Waals surface area contributed by atoms with Crippen LogP contribution in [0.5, 0.6) is 0 Å². The van der Waals surface area contributed by atoms with Gasteiger partial charge in [-0.3, -0.25) is 9.69 Å². The average molecular weight is 294 g/mol. The molecule has 1 rings (SSSR count). The van der Waals surface area contributed by atoms with Gasteiger partial charge < -0.3 is 15.6 Å². The molecule has 0 bridgehead atoms. The first-order valence-corrected chi connectivity index (χ1v) is 6.67. The Morgan fingerprint density at radius 2 is 1.86 bits per heavy atom. The van der Waals surface area contributed by atoms with Crippen molar-refractivity contribution in [1.29, 1.82) is 0 Å². The minimum Gasteiger partial charge on any atom is -0.465 e. The molecule has 1 aromatic rings. The van der Waals surface area contributed by atoms with Crippen molar-refractivity contribution in [2.75, 3.05) is 6.61 Å². The molecule has 0 radical (unpaired) electrons. The molecule has 0 unspecified atom stereocenters. The number of rotatable bonds is 6. The predicted molar refractivity (Wildman–Crippen MR) is 78.7 cm³/mol. The molecule has 0 aliphatic carbocycles. The molecular weight excluding hydrogens is 272 g/mol. The predicted octanol–water partition coefficient (Wildman–Crippen LogP) is 1.84.